The number of ether oxygens (including phenoxy) is 2. The molecule has 0 spiro atoms. The van der Waals surface area contributed by atoms with Crippen LogP contribution in [0.4, 0.5) is 5.69 Å². The van der Waals surface area contributed by atoms with Crippen molar-refractivity contribution in [2.45, 2.75) is 18.2 Å². The molecular formula is C25H27N3O5S. The van der Waals surface area contributed by atoms with Gasteiger partial charge in [0.05, 0.1) is 31.0 Å². The van der Waals surface area contributed by atoms with Crippen molar-refractivity contribution in [1.29, 1.82) is 0 Å². The van der Waals surface area contributed by atoms with E-state index in [0.717, 1.165) is 16.3 Å². The molecule has 178 valence electrons. The average Bonchev–Trinajstić information content (AvgIpc) is 2.87. The van der Waals surface area contributed by atoms with Crippen LogP contribution in [0.5, 0.6) is 11.5 Å². The molecule has 0 aliphatic heterocycles. The number of nitrogens with zero attached hydrogens (tertiary/aromatic N) is 2. The number of hydrogen-bond donors (Lipinski definition) is 1. The van der Waals surface area contributed by atoms with E-state index in [2.05, 4.69) is 10.5 Å². The number of nitrogens with one attached hydrogen (secondary N) is 1. The van der Waals surface area contributed by atoms with Crippen molar-refractivity contribution < 1.29 is 22.7 Å². The number of hydrogen-bond acceptors (Lipinski definition) is 6. The SMILES string of the molecule is CCc1ccc(N(CC(=O)N/N=C\c2ccc(OC)c(OC)c2)S(=O)(=O)c2ccccc2)cc1. The Morgan fingerprint density at radius 1 is 0.971 bits per heavy atom. The highest BCUT2D eigenvalue weighted by molar-refractivity contribution is 7.92. The third kappa shape index (κ3) is 5.93. The summed E-state index contributed by atoms with van der Waals surface area (Å²) < 4.78 is 38.2. The minimum atomic E-state index is -3.97. The van der Waals surface area contributed by atoms with Crippen molar-refractivity contribution in [3.05, 3.63) is 83.9 Å². The van der Waals surface area contributed by atoms with Gasteiger partial charge in [-0.05, 0) is 60.0 Å². The number of hydrazone groups is 1. The molecule has 3 rings (SSSR count). The summed E-state index contributed by atoms with van der Waals surface area (Å²) in [6.07, 6.45) is 2.25. The lowest BCUT2D eigenvalue weighted by atomic mass is 10.1. The second kappa shape index (κ2) is 11.3. The van der Waals surface area contributed by atoms with Gasteiger partial charge in [-0.25, -0.2) is 13.8 Å². The second-order valence-electron chi connectivity index (χ2n) is 7.25. The predicted octanol–water partition coefficient (Wildman–Crippen LogP) is 3.61. The van der Waals surface area contributed by atoms with Crippen LogP contribution in [0.1, 0.15) is 18.1 Å². The fourth-order valence-corrected chi connectivity index (χ4v) is 4.65. The summed E-state index contributed by atoms with van der Waals surface area (Å²) in [6, 6.07) is 20.2. The smallest absolute Gasteiger partial charge is 0.264 e. The molecule has 34 heavy (non-hydrogen) atoms. The Morgan fingerprint density at radius 3 is 2.26 bits per heavy atom. The lowest BCUT2D eigenvalue weighted by Crippen LogP contribution is -2.39. The first-order valence-corrected chi connectivity index (χ1v) is 12.0. The van der Waals surface area contributed by atoms with Crippen molar-refractivity contribution in [2.75, 3.05) is 25.1 Å². The molecule has 1 N–H and O–H groups in total. The van der Waals surface area contributed by atoms with Crippen LogP contribution in [0.2, 0.25) is 0 Å². The highest BCUT2D eigenvalue weighted by Crippen LogP contribution is 2.27. The molecule has 9 heteroatoms. The molecule has 0 unspecified atom stereocenters. The van der Waals surface area contributed by atoms with Gasteiger partial charge < -0.3 is 9.47 Å². The molecule has 0 atom stereocenters. The molecule has 0 radical (unpaired) electrons. The number of amides is 1. The van der Waals surface area contributed by atoms with E-state index in [0.29, 0.717) is 22.7 Å². The average molecular weight is 482 g/mol. The van der Waals surface area contributed by atoms with E-state index in [4.69, 9.17) is 9.47 Å². The number of anilines is 1. The van der Waals surface area contributed by atoms with Crippen LogP contribution >= 0.6 is 0 Å². The van der Waals surface area contributed by atoms with Crippen molar-refractivity contribution in [3.8, 4) is 11.5 Å². The Morgan fingerprint density at radius 2 is 1.65 bits per heavy atom. The molecule has 1 amide bonds. The number of benzene rings is 3. The number of aryl methyl sites for hydroxylation is 1. The van der Waals surface area contributed by atoms with Gasteiger partial charge in [0.15, 0.2) is 11.5 Å². The molecular weight excluding hydrogens is 454 g/mol. The Labute approximate surface area is 199 Å². The van der Waals surface area contributed by atoms with Gasteiger partial charge in [0, 0.05) is 0 Å². The van der Waals surface area contributed by atoms with Crippen molar-refractivity contribution in [2.24, 2.45) is 5.10 Å². The number of carbonyl (C=O) groups excluding carboxylic acids is 1. The monoisotopic (exact) mass is 481 g/mol. The minimum absolute atomic E-state index is 0.0937. The van der Waals surface area contributed by atoms with Crippen LogP contribution < -0.4 is 19.2 Å². The van der Waals surface area contributed by atoms with Crippen LogP contribution in [0.15, 0.2) is 82.8 Å². The summed E-state index contributed by atoms with van der Waals surface area (Å²) in [5, 5.41) is 3.96. The van der Waals surface area contributed by atoms with Crippen LogP contribution in [0.25, 0.3) is 0 Å². The zero-order valence-corrected chi connectivity index (χ0v) is 20.1. The Balaban J connectivity index is 1.80. The van der Waals surface area contributed by atoms with Crippen LogP contribution in [0, 0.1) is 0 Å². The van der Waals surface area contributed by atoms with E-state index in [-0.39, 0.29) is 4.90 Å². The maximum absolute atomic E-state index is 13.3. The van der Waals surface area contributed by atoms with E-state index in [9.17, 15) is 13.2 Å². The lowest BCUT2D eigenvalue weighted by Gasteiger charge is -2.24. The van der Waals surface area contributed by atoms with Gasteiger partial charge in [-0.15, -0.1) is 0 Å². The van der Waals surface area contributed by atoms with Gasteiger partial charge in [-0.2, -0.15) is 5.10 Å². The summed E-state index contributed by atoms with van der Waals surface area (Å²) in [5.74, 6) is 0.503. The summed E-state index contributed by atoms with van der Waals surface area (Å²) in [7, 11) is -0.911. The molecule has 0 aliphatic rings. The van der Waals surface area contributed by atoms with Gasteiger partial charge in [0.1, 0.15) is 6.54 Å². The Kier molecular flexibility index (Phi) is 8.26. The third-order valence-corrected chi connectivity index (χ3v) is 6.85. The molecule has 0 saturated heterocycles. The standard InChI is InChI=1S/C25H27N3O5S/c1-4-19-10-13-21(14-11-19)28(34(30,31)22-8-6-5-7-9-22)18-25(29)27-26-17-20-12-15-23(32-2)24(16-20)33-3/h5-17H,4,18H2,1-3H3,(H,27,29)/b26-17-. The molecule has 0 bridgehead atoms. The van der Waals surface area contributed by atoms with Gasteiger partial charge in [-0.1, -0.05) is 37.3 Å². The molecule has 3 aromatic rings. The summed E-state index contributed by atoms with van der Waals surface area (Å²) in [5.41, 5.74) is 4.51. The zero-order chi connectivity index (χ0) is 24.6. The fraction of sp³-hybridized carbons (Fsp3) is 0.200. The van der Waals surface area contributed by atoms with Crippen LogP contribution in [-0.2, 0) is 21.2 Å². The molecule has 0 aliphatic carbocycles. The van der Waals surface area contributed by atoms with Crippen LogP contribution in [-0.4, -0.2) is 41.3 Å². The van der Waals surface area contributed by atoms with Crippen molar-refractivity contribution in [1.82, 2.24) is 5.43 Å². The first-order chi connectivity index (χ1) is 16.4. The van der Waals surface area contributed by atoms with E-state index in [1.54, 1.807) is 48.5 Å². The van der Waals surface area contributed by atoms with Crippen LogP contribution in [0.3, 0.4) is 0 Å². The van der Waals surface area contributed by atoms with Gasteiger partial charge in [0.2, 0.25) is 0 Å². The number of carbonyl (C=O) groups is 1. The largest absolute Gasteiger partial charge is 0.493 e. The first kappa shape index (κ1) is 24.8. The maximum atomic E-state index is 13.3. The minimum Gasteiger partial charge on any atom is -0.493 e. The van der Waals surface area contributed by atoms with E-state index in [1.165, 1.54) is 32.6 Å². The van der Waals surface area contributed by atoms with Gasteiger partial charge in [-0.3, -0.25) is 9.10 Å². The molecule has 0 fully saturated rings. The van der Waals surface area contributed by atoms with Crippen molar-refractivity contribution in [3.63, 3.8) is 0 Å². The van der Waals surface area contributed by atoms with Crippen molar-refractivity contribution >= 4 is 27.8 Å². The molecule has 0 heterocycles. The topological polar surface area (TPSA) is 97.3 Å². The van der Waals surface area contributed by atoms with E-state index >= 15 is 0 Å². The highest BCUT2D eigenvalue weighted by Gasteiger charge is 2.27. The Hall–Kier alpha value is -3.85. The van der Waals surface area contributed by atoms with E-state index in [1.807, 2.05) is 19.1 Å². The second-order valence-corrected chi connectivity index (χ2v) is 9.11. The normalized spacial score (nSPS) is 11.3. The third-order valence-electron chi connectivity index (χ3n) is 5.06. The quantitative estimate of drug-likeness (QED) is 0.352. The maximum Gasteiger partial charge on any atom is 0.264 e. The molecule has 8 nitrogen and oxygen atoms in total. The predicted molar refractivity (Wildman–Crippen MR) is 132 cm³/mol. The number of rotatable bonds is 10. The lowest BCUT2D eigenvalue weighted by molar-refractivity contribution is -0.119. The zero-order valence-electron chi connectivity index (χ0n) is 19.3. The van der Waals surface area contributed by atoms with E-state index < -0.39 is 22.5 Å². The first-order valence-electron chi connectivity index (χ1n) is 10.6. The number of methoxy groups -OCH3 is 2. The molecule has 0 saturated carbocycles. The summed E-state index contributed by atoms with van der Waals surface area (Å²) >= 11 is 0. The number of sulfonamides is 1. The summed E-state index contributed by atoms with van der Waals surface area (Å²) in [6.45, 7) is 1.57. The highest BCUT2D eigenvalue weighted by atomic mass is 32.2. The van der Waals surface area contributed by atoms with Gasteiger partial charge in [0.25, 0.3) is 15.9 Å². The molecule has 0 aromatic heterocycles. The summed E-state index contributed by atoms with van der Waals surface area (Å²) in [4.78, 5) is 12.8. The Bertz CT molecular complexity index is 1240. The van der Waals surface area contributed by atoms with Gasteiger partial charge >= 0.3 is 0 Å². The molecule has 3 aromatic carbocycles. The fourth-order valence-electron chi connectivity index (χ4n) is 3.21.